The van der Waals surface area contributed by atoms with Crippen LogP contribution in [0.3, 0.4) is 0 Å². The van der Waals surface area contributed by atoms with Gasteiger partial charge in [-0.05, 0) is 17.3 Å². The van der Waals surface area contributed by atoms with Gasteiger partial charge in [-0.2, -0.15) is 0 Å². The third kappa shape index (κ3) is 38.8. The minimum absolute atomic E-state index is 0.170. The minimum atomic E-state index is -4.27. The number of phosphoric ester groups is 1. The van der Waals surface area contributed by atoms with Crippen LogP contribution >= 0.6 is 30.4 Å². The number of phosphoric acid groups is 1. The monoisotopic (exact) mass is 686 g/mol. The molecule has 0 amide bonds. The highest BCUT2D eigenvalue weighted by Gasteiger charge is 2.12. The molecule has 0 aromatic rings. The predicted octanol–water partition coefficient (Wildman–Crippen LogP) is 12.6. The van der Waals surface area contributed by atoms with Crippen LogP contribution in [0.15, 0.2) is 0 Å². The van der Waals surface area contributed by atoms with E-state index in [1.807, 2.05) is 0 Å². The third-order valence-corrected chi connectivity index (χ3v) is 9.32. The van der Waals surface area contributed by atoms with E-state index in [1.165, 1.54) is 184 Å². The van der Waals surface area contributed by atoms with Gasteiger partial charge < -0.3 is 9.79 Å². The molecule has 0 atom stereocenters. The normalized spacial score (nSPS) is 12.0. The molecule has 0 saturated heterocycles. The lowest BCUT2D eigenvalue weighted by Gasteiger charge is -2.05. The first kappa shape index (κ1) is 39.8. The van der Waals surface area contributed by atoms with Crippen molar-refractivity contribution in [1.29, 1.82) is 0 Å². The van der Waals surface area contributed by atoms with Crippen molar-refractivity contribution in [1.82, 2.24) is 0 Å². The molecular weight excluding hydrogens is 618 g/mol. The Morgan fingerprint density at radius 1 is 0.359 bits per heavy atom. The predicted molar refractivity (Wildman–Crippen MR) is 180 cm³/mol. The molecule has 0 aliphatic rings. The zero-order valence-electron chi connectivity index (χ0n) is 25.9. The maximum Gasteiger partial charge on any atom is 0.469 e. The van der Waals surface area contributed by atoms with Gasteiger partial charge in [0.2, 0.25) is 0 Å². The van der Waals surface area contributed by atoms with Gasteiger partial charge in [0.25, 0.3) is 0 Å². The highest BCUT2D eigenvalue weighted by molar-refractivity contribution is 14.1. The zero-order valence-corrected chi connectivity index (χ0v) is 28.9. The van der Waals surface area contributed by atoms with Gasteiger partial charge in [-0.15, -0.1) is 0 Å². The molecule has 0 aromatic carbocycles. The van der Waals surface area contributed by atoms with Gasteiger partial charge in [0.1, 0.15) is 0 Å². The summed E-state index contributed by atoms with van der Waals surface area (Å²) >= 11 is 2.49. The van der Waals surface area contributed by atoms with Crippen molar-refractivity contribution in [3.8, 4) is 0 Å². The van der Waals surface area contributed by atoms with Crippen LogP contribution in [0.25, 0.3) is 0 Å². The molecule has 39 heavy (non-hydrogen) atoms. The van der Waals surface area contributed by atoms with E-state index in [2.05, 4.69) is 27.1 Å². The van der Waals surface area contributed by atoms with Gasteiger partial charge in [0.05, 0.1) is 6.61 Å². The van der Waals surface area contributed by atoms with Gasteiger partial charge >= 0.3 is 7.82 Å². The number of halogens is 1. The fraction of sp³-hybridized carbons (Fsp3) is 1.00. The zero-order chi connectivity index (χ0) is 28.5. The van der Waals surface area contributed by atoms with Gasteiger partial charge in [-0.3, -0.25) is 4.52 Å². The SMILES string of the molecule is O=P(O)(O)OCCCCCCCCCCCCCCCCCCCCCCCCCCCCCCCCCI. The Morgan fingerprint density at radius 3 is 0.718 bits per heavy atom. The smallest absolute Gasteiger partial charge is 0.303 e. The van der Waals surface area contributed by atoms with Crippen LogP contribution in [0.1, 0.15) is 199 Å². The van der Waals surface area contributed by atoms with E-state index in [1.54, 1.807) is 0 Å². The van der Waals surface area contributed by atoms with E-state index in [9.17, 15) is 4.57 Å². The van der Waals surface area contributed by atoms with Gasteiger partial charge in [-0.1, -0.05) is 209 Å². The standard InChI is InChI=1S/C33H68IO4P/c34-32-30-28-26-24-22-20-18-16-14-12-10-8-6-4-2-1-3-5-7-9-11-13-15-17-19-21-23-25-27-29-31-33-38-39(35,36)37/h1-33H2,(H2,35,36,37). The lowest BCUT2D eigenvalue weighted by atomic mass is 10.0. The van der Waals surface area contributed by atoms with Crippen molar-refractivity contribution in [2.45, 2.75) is 199 Å². The highest BCUT2D eigenvalue weighted by Crippen LogP contribution is 2.35. The van der Waals surface area contributed by atoms with Gasteiger partial charge in [0.15, 0.2) is 0 Å². The van der Waals surface area contributed by atoms with E-state index in [0.717, 1.165) is 19.3 Å². The first-order valence-corrected chi connectivity index (χ1v) is 20.4. The number of unbranched alkanes of at least 4 members (excludes halogenated alkanes) is 30. The maximum atomic E-state index is 10.6. The summed E-state index contributed by atoms with van der Waals surface area (Å²) < 4.78 is 16.4. The van der Waals surface area contributed by atoms with E-state index < -0.39 is 7.82 Å². The Labute approximate surface area is 258 Å². The van der Waals surface area contributed by atoms with Crippen molar-refractivity contribution in [2.24, 2.45) is 0 Å². The van der Waals surface area contributed by atoms with Crippen LogP contribution in [0, 0.1) is 0 Å². The van der Waals surface area contributed by atoms with E-state index in [4.69, 9.17) is 9.79 Å². The molecule has 0 rings (SSSR count). The van der Waals surface area contributed by atoms with Crippen LogP contribution < -0.4 is 0 Å². The Kier molecular flexibility index (Phi) is 34.1. The number of alkyl halides is 1. The average molecular weight is 687 g/mol. The van der Waals surface area contributed by atoms with Gasteiger partial charge in [-0.25, -0.2) is 4.57 Å². The Bertz CT molecular complexity index is 500. The second-order valence-corrected chi connectivity index (χ2v) is 14.3. The summed E-state index contributed by atoms with van der Waals surface area (Å²) in [5.74, 6) is 0. The first-order valence-electron chi connectivity index (χ1n) is 17.3. The lowest BCUT2D eigenvalue weighted by Crippen LogP contribution is -1.92. The molecule has 0 heterocycles. The van der Waals surface area contributed by atoms with E-state index in [0.29, 0.717) is 0 Å². The number of hydrogen-bond acceptors (Lipinski definition) is 2. The molecule has 4 nitrogen and oxygen atoms in total. The molecule has 0 saturated carbocycles. The van der Waals surface area contributed by atoms with Crippen molar-refractivity contribution < 1.29 is 18.9 Å². The second kappa shape index (κ2) is 33.3. The minimum Gasteiger partial charge on any atom is -0.303 e. The fourth-order valence-corrected chi connectivity index (χ4v) is 6.41. The average Bonchev–Trinajstić information content (AvgIpc) is 2.90. The number of hydrogen-bond donors (Lipinski definition) is 2. The lowest BCUT2D eigenvalue weighted by molar-refractivity contribution is 0.193. The maximum absolute atomic E-state index is 10.6. The summed E-state index contributed by atoms with van der Waals surface area (Å²) in [7, 11) is -4.27. The molecule has 0 aliphatic carbocycles. The quantitative estimate of drug-likeness (QED) is 0.0306. The molecule has 2 N–H and O–H groups in total. The second-order valence-electron chi connectivity index (χ2n) is 12.0. The molecule has 0 radical (unpaired) electrons. The van der Waals surface area contributed by atoms with Crippen molar-refractivity contribution in [3.63, 3.8) is 0 Å². The summed E-state index contributed by atoms with van der Waals surface area (Å²) in [6, 6.07) is 0. The highest BCUT2D eigenvalue weighted by atomic mass is 127. The summed E-state index contributed by atoms with van der Waals surface area (Å²) in [6.45, 7) is 0.170. The summed E-state index contributed by atoms with van der Waals surface area (Å²) in [6.07, 6.45) is 42.9. The Hall–Kier alpha value is 0.840. The van der Waals surface area contributed by atoms with Crippen LogP contribution in [0.5, 0.6) is 0 Å². The van der Waals surface area contributed by atoms with Crippen LogP contribution in [0.4, 0.5) is 0 Å². The summed E-state index contributed by atoms with van der Waals surface area (Å²) in [5, 5.41) is 0. The van der Waals surface area contributed by atoms with Crippen LogP contribution in [-0.2, 0) is 9.09 Å². The molecular formula is C33H68IO4P. The molecule has 0 aromatic heterocycles. The first-order chi connectivity index (χ1) is 19.1. The van der Waals surface area contributed by atoms with Gasteiger partial charge in [0, 0.05) is 0 Å². The topological polar surface area (TPSA) is 66.8 Å². The molecule has 0 aliphatic heterocycles. The Balaban J connectivity index is 3.04. The molecule has 6 heteroatoms. The molecule has 236 valence electrons. The van der Waals surface area contributed by atoms with Crippen molar-refractivity contribution in [2.75, 3.05) is 11.0 Å². The third-order valence-electron chi connectivity index (χ3n) is 8.04. The molecule has 0 bridgehead atoms. The van der Waals surface area contributed by atoms with Crippen molar-refractivity contribution in [3.05, 3.63) is 0 Å². The van der Waals surface area contributed by atoms with Crippen molar-refractivity contribution >= 4 is 30.4 Å². The van der Waals surface area contributed by atoms with Crippen LogP contribution in [-0.4, -0.2) is 20.8 Å². The van der Waals surface area contributed by atoms with E-state index >= 15 is 0 Å². The molecule has 0 unspecified atom stereocenters. The van der Waals surface area contributed by atoms with Crippen LogP contribution in [0.2, 0.25) is 0 Å². The largest absolute Gasteiger partial charge is 0.469 e. The number of rotatable bonds is 34. The summed E-state index contributed by atoms with van der Waals surface area (Å²) in [4.78, 5) is 17.2. The van der Waals surface area contributed by atoms with E-state index in [-0.39, 0.29) is 6.61 Å². The molecule has 0 spiro atoms. The Morgan fingerprint density at radius 2 is 0.538 bits per heavy atom. The molecule has 0 fully saturated rings. The fourth-order valence-electron chi connectivity index (χ4n) is 5.51. The summed E-state index contributed by atoms with van der Waals surface area (Å²) in [5.41, 5.74) is 0.